The molecule has 0 saturated heterocycles. The van der Waals surface area contributed by atoms with Crippen LogP contribution in [0.1, 0.15) is 40.5 Å². The summed E-state index contributed by atoms with van der Waals surface area (Å²) < 4.78 is 0. The van der Waals surface area contributed by atoms with Crippen LogP contribution in [0.4, 0.5) is 0 Å². The Balaban J connectivity index is 1.83. The summed E-state index contributed by atoms with van der Waals surface area (Å²) in [6, 6.07) is 0. The van der Waals surface area contributed by atoms with E-state index in [4.69, 9.17) is 0 Å². The molecule has 4 aliphatic rings. The Morgan fingerprint density at radius 3 is 2.70 bits per heavy atom. The predicted octanol–water partition coefficient (Wildman–Crippen LogP) is 2.85. The highest BCUT2D eigenvalue weighted by Crippen LogP contribution is 2.66. The Labute approximate surface area is 161 Å². The van der Waals surface area contributed by atoms with Crippen molar-refractivity contribution in [3.8, 4) is 0 Å². The Morgan fingerprint density at radius 1 is 1.33 bits per heavy atom. The minimum Gasteiger partial charge on any atom is -0.393 e. The summed E-state index contributed by atoms with van der Waals surface area (Å²) in [4.78, 5) is 24.5. The van der Waals surface area contributed by atoms with Gasteiger partial charge in [0.25, 0.3) is 0 Å². The average molecular weight is 370 g/mol. The first-order valence-electron chi connectivity index (χ1n) is 10.1. The number of rotatable bonds is 2. The molecule has 0 unspecified atom stereocenters. The van der Waals surface area contributed by atoms with Crippen LogP contribution < -0.4 is 0 Å². The van der Waals surface area contributed by atoms with Crippen LogP contribution in [0.2, 0.25) is 0 Å². The van der Waals surface area contributed by atoms with Crippen molar-refractivity contribution in [2.24, 2.45) is 40.4 Å². The predicted molar refractivity (Wildman–Crippen MR) is 103 cm³/mol. The lowest BCUT2D eigenvalue weighted by Crippen LogP contribution is -2.55. The molecule has 2 saturated carbocycles. The second-order valence-electron chi connectivity index (χ2n) is 9.73. The second-order valence-corrected chi connectivity index (χ2v) is 9.73. The Bertz CT molecular complexity index is 790. The van der Waals surface area contributed by atoms with Crippen molar-refractivity contribution < 1.29 is 19.8 Å². The largest absolute Gasteiger partial charge is 0.393 e. The smallest absolute Gasteiger partial charge is 0.178 e. The van der Waals surface area contributed by atoms with E-state index in [9.17, 15) is 19.8 Å². The Kier molecular flexibility index (Phi) is 4.17. The molecule has 4 rings (SSSR count). The Morgan fingerprint density at radius 2 is 2.04 bits per heavy atom. The van der Waals surface area contributed by atoms with E-state index in [1.807, 2.05) is 6.08 Å². The fourth-order valence-electron chi connectivity index (χ4n) is 7.35. The maximum absolute atomic E-state index is 12.5. The van der Waals surface area contributed by atoms with E-state index in [-0.39, 0.29) is 46.1 Å². The summed E-state index contributed by atoms with van der Waals surface area (Å²) in [5, 5.41) is 20.8. The van der Waals surface area contributed by atoms with Crippen molar-refractivity contribution in [1.82, 2.24) is 0 Å². The van der Waals surface area contributed by atoms with Crippen LogP contribution in [-0.4, -0.2) is 34.5 Å². The molecule has 0 aliphatic heterocycles. The zero-order chi connectivity index (χ0) is 19.7. The van der Waals surface area contributed by atoms with E-state index in [0.29, 0.717) is 12.3 Å². The van der Waals surface area contributed by atoms with E-state index in [2.05, 4.69) is 33.8 Å². The molecule has 4 nitrogen and oxygen atoms in total. The van der Waals surface area contributed by atoms with E-state index < -0.39 is 12.7 Å². The number of carbonyl (C=O) groups excluding carboxylic acids is 2. The van der Waals surface area contributed by atoms with Crippen molar-refractivity contribution in [3.63, 3.8) is 0 Å². The number of aliphatic hydroxyl groups is 2. The molecule has 0 aromatic carbocycles. The summed E-state index contributed by atoms with van der Waals surface area (Å²) >= 11 is 0. The molecule has 0 amide bonds. The first-order chi connectivity index (χ1) is 12.6. The Hall–Kier alpha value is -1.52. The maximum atomic E-state index is 12.5. The van der Waals surface area contributed by atoms with E-state index in [0.717, 1.165) is 17.6 Å². The number of hydrogen-bond acceptors (Lipinski definition) is 4. The first-order valence-corrected chi connectivity index (χ1v) is 10.1. The number of fused-ring (bicyclic) bond motifs is 5. The normalized spacial score (nSPS) is 48.3. The quantitative estimate of drug-likeness (QED) is 0.784. The van der Waals surface area contributed by atoms with Gasteiger partial charge >= 0.3 is 0 Å². The maximum Gasteiger partial charge on any atom is 0.178 e. The molecule has 8 atom stereocenters. The van der Waals surface area contributed by atoms with E-state index in [1.54, 1.807) is 12.2 Å². The molecule has 146 valence electrons. The van der Waals surface area contributed by atoms with Crippen LogP contribution in [0.15, 0.2) is 35.5 Å². The van der Waals surface area contributed by atoms with Gasteiger partial charge in [0.15, 0.2) is 11.6 Å². The molecule has 0 heterocycles. The van der Waals surface area contributed by atoms with Crippen LogP contribution >= 0.6 is 0 Å². The molecule has 0 bridgehead atoms. The highest BCUT2D eigenvalue weighted by atomic mass is 16.3. The lowest BCUT2D eigenvalue weighted by Gasteiger charge is -2.57. The number of allylic oxidation sites excluding steroid dienone is 6. The number of Topliss-reactive ketones (excluding diaryl/α,β-unsaturated/α-hetero) is 1. The van der Waals surface area contributed by atoms with Gasteiger partial charge in [-0.2, -0.15) is 0 Å². The third kappa shape index (κ3) is 2.42. The fraction of sp³-hybridized carbons (Fsp3) is 0.652. The van der Waals surface area contributed by atoms with Crippen LogP contribution in [0, 0.1) is 40.4 Å². The standard InChI is InChI=1S/C23H30O4/c1-12-7-15-17-8-13(2)20(19(27)11-24)23(17,4)10-18(26)21(15)22(3)6-5-14(25)9-16(12)22/h5-7,9,13,15,17-18,20-21,24,26H,8,10-11H2,1-4H3/t13-,15+,17+,18+,20-,21-,22+,23+/m1/s1. The molecule has 4 aliphatic carbocycles. The SMILES string of the molecule is CC1=C[C@@H]2[C@H]([C@@H](O)C[C@@]3(C)[C@H]2C[C@@H](C)[C@@H]3C(=O)CO)[C@@]2(C)C=CC(=O)C=C12. The van der Waals surface area contributed by atoms with Gasteiger partial charge in [0.05, 0.1) is 6.10 Å². The summed E-state index contributed by atoms with van der Waals surface area (Å²) in [5.74, 6) is 0.373. The van der Waals surface area contributed by atoms with Gasteiger partial charge in [-0.25, -0.2) is 0 Å². The number of hydrogen-bond donors (Lipinski definition) is 2. The second kappa shape index (κ2) is 5.99. The molecule has 2 fully saturated rings. The molecule has 0 spiro atoms. The van der Waals surface area contributed by atoms with Crippen LogP contribution in [-0.2, 0) is 9.59 Å². The molecule has 0 aromatic heterocycles. The zero-order valence-electron chi connectivity index (χ0n) is 16.6. The van der Waals surface area contributed by atoms with Gasteiger partial charge in [-0.15, -0.1) is 0 Å². The van der Waals surface area contributed by atoms with Crippen molar-refractivity contribution in [2.45, 2.75) is 46.6 Å². The summed E-state index contributed by atoms with van der Waals surface area (Å²) in [7, 11) is 0. The molecular weight excluding hydrogens is 340 g/mol. The molecule has 2 N–H and O–H groups in total. The van der Waals surface area contributed by atoms with Gasteiger partial charge in [-0.1, -0.05) is 38.5 Å². The van der Waals surface area contributed by atoms with Crippen molar-refractivity contribution in [2.75, 3.05) is 6.61 Å². The van der Waals surface area contributed by atoms with Gasteiger partial charge in [-0.05, 0) is 60.7 Å². The summed E-state index contributed by atoms with van der Waals surface area (Å²) in [6.07, 6.45) is 8.53. The molecule has 4 heteroatoms. The fourth-order valence-corrected chi connectivity index (χ4v) is 7.35. The minimum absolute atomic E-state index is 0.00468. The number of ketones is 2. The van der Waals surface area contributed by atoms with E-state index >= 15 is 0 Å². The third-order valence-corrected chi connectivity index (χ3v) is 8.22. The van der Waals surface area contributed by atoms with Crippen LogP contribution in [0.25, 0.3) is 0 Å². The topological polar surface area (TPSA) is 74.6 Å². The van der Waals surface area contributed by atoms with Gasteiger partial charge in [-0.3, -0.25) is 9.59 Å². The first kappa shape index (κ1) is 18.8. The average Bonchev–Trinajstić information content (AvgIpc) is 2.85. The van der Waals surface area contributed by atoms with Gasteiger partial charge in [0.2, 0.25) is 0 Å². The number of carbonyl (C=O) groups is 2. The van der Waals surface area contributed by atoms with Crippen LogP contribution in [0.5, 0.6) is 0 Å². The molecule has 0 radical (unpaired) electrons. The van der Waals surface area contributed by atoms with Gasteiger partial charge in [0.1, 0.15) is 6.61 Å². The van der Waals surface area contributed by atoms with Crippen molar-refractivity contribution >= 4 is 11.6 Å². The third-order valence-electron chi connectivity index (χ3n) is 8.22. The molecule has 0 aromatic rings. The highest BCUT2D eigenvalue weighted by Gasteiger charge is 2.63. The van der Waals surface area contributed by atoms with Crippen LogP contribution in [0.3, 0.4) is 0 Å². The van der Waals surface area contributed by atoms with Gasteiger partial charge < -0.3 is 10.2 Å². The van der Waals surface area contributed by atoms with Crippen molar-refractivity contribution in [3.05, 3.63) is 35.5 Å². The van der Waals surface area contributed by atoms with E-state index in [1.165, 1.54) is 0 Å². The highest BCUT2D eigenvalue weighted by molar-refractivity contribution is 6.02. The monoisotopic (exact) mass is 370 g/mol. The van der Waals surface area contributed by atoms with Gasteiger partial charge in [0, 0.05) is 17.3 Å². The lowest BCUT2D eigenvalue weighted by atomic mass is 9.47. The number of aliphatic hydroxyl groups excluding tert-OH is 2. The lowest BCUT2D eigenvalue weighted by molar-refractivity contribution is -0.137. The molecular formula is C23H30O4. The minimum atomic E-state index is -0.550. The molecule has 27 heavy (non-hydrogen) atoms. The summed E-state index contributed by atoms with van der Waals surface area (Å²) in [6.45, 7) is 8.01. The van der Waals surface area contributed by atoms with Crippen molar-refractivity contribution in [1.29, 1.82) is 0 Å². The zero-order valence-corrected chi connectivity index (χ0v) is 16.6. The summed E-state index contributed by atoms with van der Waals surface area (Å²) in [5.41, 5.74) is 1.47.